The van der Waals surface area contributed by atoms with E-state index in [9.17, 15) is 0 Å². The molecule has 19 heavy (non-hydrogen) atoms. The van der Waals surface area contributed by atoms with Gasteiger partial charge in [-0.05, 0) is 30.4 Å². The molecule has 0 amide bonds. The van der Waals surface area contributed by atoms with Crippen LogP contribution in [0.4, 0.5) is 11.8 Å². The number of halogens is 1. The quantitative estimate of drug-likeness (QED) is 0.658. The average Bonchev–Trinajstić information content (AvgIpc) is 2.90. The van der Waals surface area contributed by atoms with Crippen LogP contribution in [-0.4, -0.2) is 16.5 Å². The van der Waals surface area contributed by atoms with Crippen molar-refractivity contribution in [1.29, 1.82) is 0 Å². The monoisotopic (exact) mass is 295 g/mol. The molecule has 2 aromatic rings. The van der Waals surface area contributed by atoms with Crippen molar-refractivity contribution in [3.8, 4) is 0 Å². The fourth-order valence-electron chi connectivity index (χ4n) is 2.43. The van der Waals surface area contributed by atoms with Crippen molar-refractivity contribution in [1.82, 2.24) is 9.97 Å². The number of nitrogens with one attached hydrogen (secondary N) is 1. The Morgan fingerprint density at radius 1 is 1.58 bits per heavy atom. The highest BCUT2D eigenvalue weighted by atomic mass is 35.5. The second-order valence-electron chi connectivity index (χ2n) is 4.43. The second kappa shape index (κ2) is 4.96. The Balaban J connectivity index is 1.99. The van der Waals surface area contributed by atoms with Crippen LogP contribution in [0.3, 0.4) is 0 Å². The lowest BCUT2D eigenvalue weighted by Crippen LogP contribution is -2.34. The number of hydrazine groups is 1. The average molecular weight is 296 g/mol. The van der Waals surface area contributed by atoms with E-state index in [1.54, 1.807) is 6.20 Å². The van der Waals surface area contributed by atoms with Gasteiger partial charge in [0.2, 0.25) is 5.95 Å². The van der Waals surface area contributed by atoms with Crippen LogP contribution < -0.4 is 16.2 Å². The van der Waals surface area contributed by atoms with Crippen molar-refractivity contribution in [2.75, 3.05) is 16.9 Å². The van der Waals surface area contributed by atoms with Crippen molar-refractivity contribution < 1.29 is 0 Å². The number of hydrogen-bond acceptors (Lipinski definition) is 6. The van der Waals surface area contributed by atoms with Crippen molar-refractivity contribution >= 4 is 34.7 Å². The van der Waals surface area contributed by atoms with Crippen LogP contribution in [0.1, 0.15) is 23.4 Å². The molecule has 0 fully saturated rings. The van der Waals surface area contributed by atoms with Gasteiger partial charge in [0.05, 0.1) is 12.2 Å². The van der Waals surface area contributed by atoms with E-state index >= 15 is 0 Å². The molecule has 0 bridgehead atoms. The normalized spacial score (nSPS) is 18.3. The van der Waals surface area contributed by atoms with Crippen molar-refractivity contribution in [3.63, 3.8) is 0 Å². The highest BCUT2D eigenvalue weighted by molar-refractivity contribution is 7.10. The maximum Gasteiger partial charge on any atom is 0.239 e. The summed E-state index contributed by atoms with van der Waals surface area (Å²) in [5.74, 6) is 6.47. The third kappa shape index (κ3) is 2.16. The smallest absolute Gasteiger partial charge is 0.239 e. The van der Waals surface area contributed by atoms with Crippen molar-refractivity contribution in [3.05, 3.63) is 33.1 Å². The zero-order valence-electron chi connectivity index (χ0n) is 10.4. The first-order valence-electron chi connectivity index (χ1n) is 6.02. The van der Waals surface area contributed by atoms with Crippen LogP contribution in [-0.2, 0) is 6.42 Å². The van der Waals surface area contributed by atoms with Gasteiger partial charge in [-0.1, -0.05) is 11.6 Å². The molecule has 0 spiro atoms. The molecule has 100 valence electrons. The minimum atomic E-state index is 0.257. The fraction of sp³-hybridized carbons (Fsp3) is 0.333. The molecule has 1 aliphatic heterocycles. The highest BCUT2D eigenvalue weighted by Gasteiger charge is 2.27. The zero-order chi connectivity index (χ0) is 13.4. The number of nitrogens with zero attached hydrogens (tertiary/aromatic N) is 3. The van der Waals surface area contributed by atoms with Gasteiger partial charge in [0.25, 0.3) is 0 Å². The van der Waals surface area contributed by atoms with Gasteiger partial charge in [0.15, 0.2) is 5.82 Å². The Kier molecular flexibility index (Phi) is 3.30. The topological polar surface area (TPSA) is 67.1 Å². The van der Waals surface area contributed by atoms with Gasteiger partial charge >= 0.3 is 0 Å². The summed E-state index contributed by atoms with van der Waals surface area (Å²) in [6.45, 7) is 3.06. The molecule has 1 aliphatic rings. The predicted octanol–water partition coefficient (Wildman–Crippen LogP) is 2.60. The van der Waals surface area contributed by atoms with Gasteiger partial charge in [-0.3, -0.25) is 5.43 Å². The first-order chi connectivity index (χ1) is 9.20. The molecule has 0 radical (unpaired) electrons. The van der Waals surface area contributed by atoms with E-state index in [1.165, 1.54) is 10.4 Å². The van der Waals surface area contributed by atoms with Crippen LogP contribution in [0.2, 0.25) is 5.02 Å². The summed E-state index contributed by atoms with van der Waals surface area (Å²) in [6.07, 6.45) is 2.60. The number of fused-ring (bicyclic) bond motifs is 1. The second-order valence-corrected chi connectivity index (χ2v) is 5.84. The standard InChI is InChI=1S/C12H14ClN5S/c1-7-8-3-5-19-10(8)2-4-18(7)11-9(13)6-15-12(16-11)17-14/h3,5-7H,2,4,14H2,1H3,(H,15,16,17). The summed E-state index contributed by atoms with van der Waals surface area (Å²) in [5, 5.41) is 2.68. The Labute approximate surface area is 120 Å². The molecule has 0 aliphatic carbocycles. The number of thiophene rings is 1. The van der Waals surface area contributed by atoms with Crippen LogP contribution in [0, 0.1) is 0 Å². The summed E-state index contributed by atoms with van der Waals surface area (Å²) in [7, 11) is 0. The van der Waals surface area contributed by atoms with Crippen molar-refractivity contribution in [2.45, 2.75) is 19.4 Å². The maximum absolute atomic E-state index is 6.22. The SMILES string of the molecule is CC1c2ccsc2CCN1c1nc(NN)ncc1Cl. The molecule has 0 saturated heterocycles. The number of anilines is 2. The third-order valence-corrected chi connectivity index (χ3v) is 4.67. The number of nitrogens with two attached hydrogens (primary N) is 1. The molecule has 3 rings (SSSR count). The van der Waals surface area contributed by atoms with Crippen molar-refractivity contribution in [2.24, 2.45) is 5.84 Å². The van der Waals surface area contributed by atoms with Crippen LogP contribution >= 0.6 is 22.9 Å². The number of aromatic nitrogens is 2. The molecule has 0 aromatic carbocycles. The van der Waals surface area contributed by atoms with Gasteiger partial charge in [-0.15, -0.1) is 11.3 Å². The van der Waals surface area contributed by atoms with Gasteiger partial charge in [0.1, 0.15) is 5.02 Å². The van der Waals surface area contributed by atoms with E-state index in [0.717, 1.165) is 18.8 Å². The van der Waals surface area contributed by atoms with E-state index in [1.807, 2.05) is 11.3 Å². The Bertz CT molecular complexity index is 600. The molecule has 5 nitrogen and oxygen atoms in total. The first-order valence-corrected chi connectivity index (χ1v) is 7.28. The Morgan fingerprint density at radius 2 is 2.42 bits per heavy atom. The van der Waals surface area contributed by atoms with E-state index in [-0.39, 0.29) is 6.04 Å². The van der Waals surface area contributed by atoms with Crippen LogP contribution in [0.15, 0.2) is 17.6 Å². The Morgan fingerprint density at radius 3 is 3.21 bits per heavy atom. The Hall–Kier alpha value is -1.37. The molecule has 3 N–H and O–H groups in total. The molecule has 7 heteroatoms. The largest absolute Gasteiger partial charge is 0.348 e. The van der Waals surface area contributed by atoms with E-state index in [4.69, 9.17) is 17.4 Å². The molecule has 2 aromatic heterocycles. The fourth-order valence-corrected chi connectivity index (χ4v) is 3.59. The third-order valence-electron chi connectivity index (χ3n) is 3.40. The van der Waals surface area contributed by atoms with Gasteiger partial charge < -0.3 is 4.90 Å². The maximum atomic E-state index is 6.22. The molecular formula is C12H14ClN5S. The molecule has 1 atom stereocenters. The molecular weight excluding hydrogens is 282 g/mol. The first kappa shape index (κ1) is 12.7. The van der Waals surface area contributed by atoms with E-state index in [0.29, 0.717) is 11.0 Å². The number of rotatable bonds is 2. The van der Waals surface area contributed by atoms with Gasteiger partial charge in [0, 0.05) is 11.4 Å². The number of nitrogen functional groups attached to an aromatic ring is 1. The number of hydrogen-bond donors (Lipinski definition) is 2. The summed E-state index contributed by atoms with van der Waals surface area (Å²) in [6, 6.07) is 2.43. The van der Waals surface area contributed by atoms with Gasteiger partial charge in [-0.25, -0.2) is 10.8 Å². The minimum absolute atomic E-state index is 0.257. The summed E-state index contributed by atoms with van der Waals surface area (Å²) in [5.41, 5.74) is 3.81. The minimum Gasteiger partial charge on any atom is -0.348 e. The van der Waals surface area contributed by atoms with Gasteiger partial charge in [-0.2, -0.15) is 4.98 Å². The summed E-state index contributed by atoms with van der Waals surface area (Å²) >= 11 is 8.03. The summed E-state index contributed by atoms with van der Waals surface area (Å²) < 4.78 is 0. The summed E-state index contributed by atoms with van der Waals surface area (Å²) in [4.78, 5) is 12.0. The van der Waals surface area contributed by atoms with E-state index < -0.39 is 0 Å². The van der Waals surface area contributed by atoms with Crippen LogP contribution in [0.5, 0.6) is 0 Å². The van der Waals surface area contributed by atoms with E-state index in [2.05, 4.69) is 38.7 Å². The zero-order valence-corrected chi connectivity index (χ0v) is 12.0. The highest BCUT2D eigenvalue weighted by Crippen LogP contribution is 2.37. The van der Waals surface area contributed by atoms with Crippen LogP contribution in [0.25, 0.3) is 0 Å². The molecule has 0 saturated carbocycles. The predicted molar refractivity (Wildman–Crippen MR) is 78.6 cm³/mol. The lowest BCUT2D eigenvalue weighted by molar-refractivity contribution is 0.624. The lowest BCUT2D eigenvalue weighted by atomic mass is 10.0. The molecule has 3 heterocycles. The lowest BCUT2D eigenvalue weighted by Gasteiger charge is -2.35. The molecule has 1 unspecified atom stereocenters.